The van der Waals surface area contributed by atoms with Crippen LogP contribution in [0.4, 0.5) is 0 Å². The van der Waals surface area contributed by atoms with Crippen LogP contribution in [0.5, 0.6) is 0 Å². The highest BCUT2D eigenvalue weighted by Crippen LogP contribution is 2.60. The van der Waals surface area contributed by atoms with E-state index in [9.17, 15) is 29.7 Å². The van der Waals surface area contributed by atoms with Gasteiger partial charge in [-0.15, -0.1) is 0 Å². The standard InChI is InChI=1S/C27H48N2O8Si/c1-23(2,3)38(9,10)37-17-11-12-18(20(31)28-15-17)29-21(32)19(36-8)27(35)22(33)26(34,25(27,6)7)14-13-24(4,5)16-30/h13-14,16-19,22,33-35H,11-12,15H2,1-10H3,(H,28,31)(H,29,32)/t17-,18+,19+,22+,26+,27+/m1/s1. The second-order valence-electron chi connectivity index (χ2n) is 13.5. The van der Waals surface area contributed by atoms with E-state index >= 15 is 0 Å². The van der Waals surface area contributed by atoms with Gasteiger partial charge in [-0.05, 0) is 44.8 Å². The van der Waals surface area contributed by atoms with E-state index in [4.69, 9.17) is 9.16 Å². The molecule has 218 valence electrons. The SMILES string of the molecule is CO[C@@H](C(=O)N[C@H]1CC[C@@H](O[Si](C)(C)C(C)(C)C)CNC1=O)[C@]1(O)[C@@H](O)[C@@](O)(C=CC(C)(C)C=O)C1(C)C. The smallest absolute Gasteiger partial charge is 0.252 e. The maximum absolute atomic E-state index is 13.3. The number of allylic oxidation sites excluding steroid dienone is 1. The number of hydrogen-bond donors (Lipinski definition) is 5. The van der Waals surface area contributed by atoms with E-state index in [1.807, 2.05) is 0 Å². The van der Waals surface area contributed by atoms with Crippen molar-refractivity contribution in [1.29, 1.82) is 0 Å². The lowest BCUT2D eigenvalue weighted by Gasteiger charge is -2.67. The molecule has 2 amide bonds. The summed E-state index contributed by atoms with van der Waals surface area (Å²) in [5.41, 5.74) is -6.49. The van der Waals surface area contributed by atoms with Crippen LogP contribution in [-0.4, -0.2) is 90.9 Å². The predicted molar refractivity (Wildman–Crippen MR) is 146 cm³/mol. The molecular weight excluding hydrogens is 508 g/mol. The second-order valence-corrected chi connectivity index (χ2v) is 18.2. The Morgan fingerprint density at radius 1 is 1.18 bits per heavy atom. The van der Waals surface area contributed by atoms with Crippen LogP contribution in [0.15, 0.2) is 12.2 Å². The van der Waals surface area contributed by atoms with Gasteiger partial charge in [0.25, 0.3) is 5.91 Å². The van der Waals surface area contributed by atoms with Gasteiger partial charge in [0.1, 0.15) is 29.6 Å². The van der Waals surface area contributed by atoms with Crippen molar-refractivity contribution in [1.82, 2.24) is 10.6 Å². The van der Waals surface area contributed by atoms with Gasteiger partial charge in [-0.2, -0.15) is 0 Å². The van der Waals surface area contributed by atoms with Crippen molar-refractivity contribution in [3.05, 3.63) is 12.2 Å². The quantitative estimate of drug-likeness (QED) is 0.162. The molecule has 2 fully saturated rings. The van der Waals surface area contributed by atoms with Gasteiger partial charge >= 0.3 is 0 Å². The lowest BCUT2D eigenvalue weighted by Crippen LogP contribution is -2.86. The molecule has 1 heterocycles. The first-order valence-corrected chi connectivity index (χ1v) is 16.1. The minimum atomic E-state index is -2.19. The van der Waals surface area contributed by atoms with Crippen molar-refractivity contribution >= 4 is 26.4 Å². The zero-order valence-electron chi connectivity index (χ0n) is 24.5. The highest BCUT2D eigenvalue weighted by atomic mass is 28.4. The molecule has 1 saturated heterocycles. The number of nitrogens with one attached hydrogen (secondary N) is 2. The molecule has 2 aliphatic rings. The van der Waals surface area contributed by atoms with Crippen molar-refractivity contribution in [2.45, 2.75) is 115 Å². The first kappa shape index (κ1) is 32.6. The largest absolute Gasteiger partial charge is 0.412 e. The summed E-state index contributed by atoms with van der Waals surface area (Å²) >= 11 is 0. The Bertz CT molecular complexity index is 944. The average Bonchev–Trinajstić information content (AvgIpc) is 2.97. The van der Waals surface area contributed by atoms with E-state index in [1.54, 1.807) is 13.8 Å². The molecule has 1 saturated carbocycles. The van der Waals surface area contributed by atoms with Crippen LogP contribution in [0, 0.1) is 10.8 Å². The van der Waals surface area contributed by atoms with Crippen LogP contribution in [0.1, 0.15) is 61.3 Å². The highest BCUT2D eigenvalue weighted by Gasteiger charge is 2.78. The Morgan fingerprint density at radius 2 is 1.76 bits per heavy atom. The maximum atomic E-state index is 13.3. The Hall–Kier alpha value is -1.63. The molecule has 0 aromatic carbocycles. The fraction of sp³-hybridized carbons (Fsp3) is 0.815. The minimum absolute atomic E-state index is 0.00851. The normalized spacial score (nSPS) is 33.2. The molecule has 10 nitrogen and oxygen atoms in total. The average molecular weight is 557 g/mol. The monoisotopic (exact) mass is 556 g/mol. The zero-order valence-corrected chi connectivity index (χ0v) is 25.5. The third-order valence-corrected chi connectivity index (χ3v) is 13.5. The number of carbonyl (C=O) groups is 3. The van der Waals surface area contributed by atoms with Gasteiger partial charge in [0.15, 0.2) is 14.4 Å². The summed E-state index contributed by atoms with van der Waals surface area (Å²) in [5, 5.41) is 39.2. The van der Waals surface area contributed by atoms with Crippen LogP contribution in [0.25, 0.3) is 0 Å². The summed E-state index contributed by atoms with van der Waals surface area (Å²) in [5.74, 6) is -1.16. The minimum Gasteiger partial charge on any atom is -0.412 e. The van der Waals surface area contributed by atoms with Gasteiger partial charge in [-0.1, -0.05) is 46.8 Å². The molecular formula is C27H48N2O8Si. The number of rotatable bonds is 9. The van der Waals surface area contributed by atoms with Crippen LogP contribution in [0.3, 0.4) is 0 Å². The Kier molecular flexibility index (Phi) is 9.21. The molecule has 38 heavy (non-hydrogen) atoms. The summed E-state index contributed by atoms with van der Waals surface area (Å²) in [6.45, 7) is 17.3. The summed E-state index contributed by atoms with van der Waals surface area (Å²) in [7, 11) is -0.851. The molecule has 6 atom stereocenters. The maximum Gasteiger partial charge on any atom is 0.252 e. The van der Waals surface area contributed by atoms with E-state index in [-0.39, 0.29) is 17.0 Å². The van der Waals surface area contributed by atoms with Gasteiger partial charge < -0.3 is 39.9 Å². The number of carbonyl (C=O) groups excluding carboxylic acids is 3. The van der Waals surface area contributed by atoms with Crippen molar-refractivity contribution in [3.8, 4) is 0 Å². The predicted octanol–water partition coefficient (Wildman–Crippen LogP) is 1.43. The lowest BCUT2D eigenvalue weighted by atomic mass is 9.44. The first-order valence-electron chi connectivity index (χ1n) is 13.2. The number of amides is 2. The van der Waals surface area contributed by atoms with E-state index < -0.39 is 54.5 Å². The summed E-state index contributed by atoms with van der Waals surface area (Å²) in [4.78, 5) is 37.4. The second kappa shape index (κ2) is 10.7. The lowest BCUT2D eigenvalue weighted by molar-refractivity contribution is -0.359. The molecule has 0 spiro atoms. The van der Waals surface area contributed by atoms with Gasteiger partial charge in [0, 0.05) is 24.5 Å². The highest BCUT2D eigenvalue weighted by molar-refractivity contribution is 6.74. The number of ether oxygens (including phenoxy) is 1. The van der Waals surface area contributed by atoms with Crippen molar-refractivity contribution in [3.63, 3.8) is 0 Å². The van der Waals surface area contributed by atoms with E-state index in [0.717, 1.165) is 0 Å². The van der Waals surface area contributed by atoms with Gasteiger partial charge in [-0.3, -0.25) is 9.59 Å². The van der Waals surface area contributed by atoms with E-state index in [1.165, 1.54) is 33.1 Å². The fourth-order valence-corrected chi connectivity index (χ4v) is 6.29. The Balaban J connectivity index is 2.19. The first-order chi connectivity index (χ1) is 17.1. The van der Waals surface area contributed by atoms with Crippen LogP contribution >= 0.6 is 0 Å². The topological polar surface area (TPSA) is 154 Å². The molecule has 1 aliphatic carbocycles. The van der Waals surface area contributed by atoms with Crippen molar-refractivity contribution in [2.75, 3.05) is 13.7 Å². The van der Waals surface area contributed by atoms with Crippen molar-refractivity contribution in [2.24, 2.45) is 10.8 Å². The Morgan fingerprint density at radius 3 is 2.24 bits per heavy atom. The number of methoxy groups -OCH3 is 1. The van der Waals surface area contributed by atoms with Gasteiger partial charge in [0.05, 0.1) is 6.10 Å². The van der Waals surface area contributed by atoms with Gasteiger partial charge in [0.2, 0.25) is 5.91 Å². The van der Waals surface area contributed by atoms with E-state index in [2.05, 4.69) is 44.5 Å². The molecule has 0 radical (unpaired) electrons. The molecule has 5 N–H and O–H groups in total. The number of aliphatic hydroxyl groups is 3. The summed E-state index contributed by atoms with van der Waals surface area (Å²) in [6, 6.07) is -0.885. The zero-order chi connectivity index (χ0) is 29.5. The van der Waals surface area contributed by atoms with Crippen LogP contribution in [-0.2, 0) is 23.5 Å². The third kappa shape index (κ3) is 5.64. The number of aldehydes is 1. The number of aliphatic hydroxyl groups excluding tert-OH is 1. The Labute approximate surface area is 227 Å². The fourth-order valence-electron chi connectivity index (χ4n) is 4.90. The van der Waals surface area contributed by atoms with E-state index in [0.29, 0.717) is 25.7 Å². The molecule has 2 rings (SSSR count). The molecule has 1 aliphatic heterocycles. The third-order valence-electron chi connectivity index (χ3n) is 8.96. The molecule has 0 aromatic heterocycles. The van der Waals surface area contributed by atoms with Crippen LogP contribution < -0.4 is 10.6 Å². The molecule has 0 bridgehead atoms. The molecule has 0 unspecified atom stereocenters. The number of hydrogen-bond acceptors (Lipinski definition) is 8. The molecule has 0 aromatic rings. The summed E-state index contributed by atoms with van der Waals surface area (Å²) in [6.07, 6.45) is 0.724. The van der Waals surface area contributed by atoms with Crippen LogP contribution in [0.2, 0.25) is 18.1 Å². The molecule has 11 heteroatoms. The van der Waals surface area contributed by atoms with Crippen molar-refractivity contribution < 1.29 is 38.9 Å². The summed E-state index contributed by atoms with van der Waals surface area (Å²) < 4.78 is 11.8. The van der Waals surface area contributed by atoms with Gasteiger partial charge in [-0.25, -0.2) is 0 Å².